The van der Waals surface area contributed by atoms with Crippen molar-refractivity contribution in [3.05, 3.63) is 59.4 Å². The molecule has 3 rings (SSSR count). The summed E-state index contributed by atoms with van der Waals surface area (Å²) in [5.74, 6) is 0.554. The molecule has 0 bridgehead atoms. The van der Waals surface area contributed by atoms with Gasteiger partial charge in [-0.3, -0.25) is 19.9 Å². The number of nitrogens with zero attached hydrogens (tertiary/aromatic N) is 1. The molecule has 0 spiro atoms. The zero-order valence-electron chi connectivity index (χ0n) is 15.0. The van der Waals surface area contributed by atoms with Crippen molar-refractivity contribution in [2.24, 2.45) is 0 Å². The minimum absolute atomic E-state index is 0.227. The molecule has 1 atom stereocenters. The number of aryl methyl sites for hydroxylation is 1. The molecule has 26 heavy (non-hydrogen) atoms. The van der Waals surface area contributed by atoms with E-state index in [1.807, 2.05) is 36.5 Å². The maximum Gasteiger partial charge on any atom is 0.286 e. The fourth-order valence-corrected chi connectivity index (χ4v) is 3.73. The third-order valence-electron chi connectivity index (χ3n) is 4.40. The molecule has 2 heterocycles. The lowest BCUT2D eigenvalue weighted by molar-refractivity contribution is -0.121. The Labute approximate surface area is 157 Å². The van der Waals surface area contributed by atoms with E-state index < -0.39 is 4.75 Å². The highest BCUT2D eigenvalue weighted by Gasteiger charge is 2.43. The van der Waals surface area contributed by atoms with Gasteiger partial charge in [0.2, 0.25) is 5.91 Å². The number of hydrogen-bond donors (Lipinski definition) is 1. The van der Waals surface area contributed by atoms with Crippen LogP contribution in [0.2, 0.25) is 0 Å². The second-order valence-electron chi connectivity index (χ2n) is 6.51. The molecule has 0 unspecified atom stereocenters. The molecule has 1 N–H and O–H groups in total. The van der Waals surface area contributed by atoms with E-state index in [1.54, 1.807) is 6.92 Å². The summed E-state index contributed by atoms with van der Waals surface area (Å²) in [6.45, 7) is 4.46. The van der Waals surface area contributed by atoms with Crippen molar-refractivity contribution in [3.63, 3.8) is 0 Å². The van der Waals surface area contributed by atoms with Crippen LogP contribution in [0.15, 0.2) is 42.6 Å². The van der Waals surface area contributed by atoms with Crippen LogP contribution in [0, 0.1) is 0 Å². The number of benzene rings is 1. The molecule has 1 aromatic heterocycles. The number of imide groups is 1. The first kappa shape index (κ1) is 18.5. The highest BCUT2D eigenvalue weighted by molar-refractivity contribution is 8.16. The standard InChI is InChI=1S/C20H22N2O3S/c1-3-14-4-7-16(21-13-14)10-11-25-17-8-5-15(6-9-17)12-20(2)18(23)22-19(24)26-20/h4-9,13H,3,10-12H2,1-2H3,(H,22,23,24)/t20-/m1/s1. The van der Waals surface area contributed by atoms with Crippen LogP contribution in [0.3, 0.4) is 0 Å². The van der Waals surface area contributed by atoms with Crippen LogP contribution in [0.5, 0.6) is 5.75 Å². The topological polar surface area (TPSA) is 68.3 Å². The predicted molar refractivity (Wildman–Crippen MR) is 102 cm³/mol. The number of ether oxygens (including phenoxy) is 1. The van der Waals surface area contributed by atoms with Crippen molar-refractivity contribution in [1.82, 2.24) is 10.3 Å². The van der Waals surface area contributed by atoms with E-state index >= 15 is 0 Å². The Kier molecular flexibility index (Phi) is 5.61. The number of thioether (sulfide) groups is 1. The summed E-state index contributed by atoms with van der Waals surface area (Å²) in [7, 11) is 0. The Morgan fingerprint density at radius 3 is 2.42 bits per heavy atom. The largest absolute Gasteiger partial charge is 0.493 e. The second-order valence-corrected chi connectivity index (χ2v) is 7.98. The maximum atomic E-state index is 11.9. The van der Waals surface area contributed by atoms with Crippen LogP contribution in [0.4, 0.5) is 4.79 Å². The van der Waals surface area contributed by atoms with Gasteiger partial charge in [0.1, 0.15) is 10.5 Å². The van der Waals surface area contributed by atoms with Crippen molar-refractivity contribution in [1.29, 1.82) is 0 Å². The van der Waals surface area contributed by atoms with Crippen LogP contribution in [-0.4, -0.2) is 27.5 Å². The normalized spacial score (nSPS) is 19.5. The number of pyridine rings is 1. The quantitative estimate of drug-likeness (QED) is 0.807. The van der Waals surface area contributed by atoms with Crippen LogP contribution < -0.4 is 10.1 Å². The van der Waals surface area contributed by atoms with E-state index in [2.05, 4.69) is 23.3 Å². The van der Waals surface area contributed by atoms with Crippen molar-refractivity contribution in [2.75, 3.05) is 6.61 Å². The lowest BCUT2D eigenvalue weighted by atomic mass is 9.99. The van der Waals surface area contributed by atoms with Crippen molar-refractivity contribution in [2.45, 2.75) is 37.9 Å². The first-order valence-corrected chi connectivity index (χ1v) is 9.50. The molecule has 1 aliphatic heterocycles. The molecule has 0 aliphatic carbocycles. The lowest BCUT2D eigenvalue weighted by Crippen LogP contribution is -2.35. The van der Waals surface area contributed by atoms with Gasteiger partial charge in [-0.2, -0.15) is 0 Å². The van der Waals surface area contributed by atoms with Gasteiger partial charge in [-0.05, 0) is 60.9 Å². The Bertz CT molecular complexity index is 790. The van der Waals surface area contributed by atoms with Gasteiger partial charge in [-0.1, -0.05) is 25.1 Å². The summed E-state index contributed by atoms with van der Waals surface area (Å²) in [4.78, 5) is 27.7. The second kappa shape index (κ2) is 7.91. The van der Waals surface area contributed by atoms with Gasteiger partial charge in [-0.25, -0.2) is 0 Å². The SMILES string of the molecule is CCc1ccc(CCOc2ccc(C[C@@]3(C)SC(=O)NC3=O)cc2)nc1. The summed E-state index contributed by atoms with van der Waals surface area (Å²) in [6, 6.07) is 11.8. The number of carbonyl (C=O) groups excluding carboxylic acids is 2. The number of hydrogen-bond acceptors (Lipinski definition) is 5. The number of nitrogens with one attached hydrogen (secondary N) is 1. The predicted octanol–water partition coefficient (Wildman–Crippen LogP) is 3.55. The zero-order chi connectivity index (χ0) is 18.6. The van der Waals surface area contributed by atoms with Crippen LogP contribution in [-0.2, 0) is 24.1 Å². The summed E-state index contributed by atoms with van der Waals surface area (Å²) in [5.41, 5.74) is 3.24. The number of carbonyl (C=O) groups is 2. The monoisotopic (exact) mass is 370 g/mol. The molecule has 0 saturated carbocycles. The van der Waals surface area contributed by atoms with Crippen molar-refractivity contribution >= 4 is 22.9 Å². The van der Waals surface area contributed by atoms with Crippen molar-refractivity contribution in [3.8, 4) is 5.75 Å². The fourth-order valence-electron chi connectivity index (χ4n) is 2.80. The van der Waals surface area contributed by atoms with Gasteiger partial charge in [0, 0.05) is 18.3 Å². The van der Waals surface area contributed by atoms with E-state index in [0.717, 1.165) is 41.6 Å². The van der Waals surface area contributed by atoms with E-state index in [0.29, 0.717) is 13.0 Å². The molecule has 6 heteroatoms. The molecule has 136 valence electrons. The molecule has 1 saturated heterocycles. The highest BCUT2D eigenvalue weighted by Crippen LogP contribution is 2.34. The third kappa shape index (κ3) is 4.43. The number of amides is 2. The Hall–Kier alpha value is -2.34. The first-order valence-electron chi connectivity index (χ1n) is 8.68. The van der Waals surface area contributed by atoms with E-state index in [4.69, 9.17) is 4.74 Å². The summed E-state index contributed by atoms with van der Waals surface area (Å²) >= 11 is 1.05. The maximum absolute atomic E-state index is 11.9. The minimum Gasteiger partial charge on any atom is -0.493 e. The zero-order valence-corrected chi connectivity index (χ0v) is 15.8. The van der Waals surface area contributed by atoms with Crippen LogP contribution in [0.25, 0.3) is 0 Å². The Morgan fingerprint density at radius 2 is 1.85 bits per heavy atom. The van der Waals surface area contributed by atoms with Gasteiger partial charge in [0.15, 0.2) is 0 Å². The van der Waals surface area contributed by atoms with Gasteiger partial charge in [-0.15, -0.1) is 0 Å². The molecular weight excluding hydrogens is 348 g/mol. The minimum atomic E-state index is -0.740. The van der Waals surface area contributed by atoms with Gasteiger partial charge in [0.05, 0.1) is 6.61 Å². The van der Waals surface area contributed by atoms with E-state index in [9.17, 15) is 9.59 Å². The molecule has 0 radical (unpaired) electrons. The number of aromatic nitrogens is 1. The third-order valence-corrected chi connectivity index (χ3v) is 5.47. The summed E-state index contributed by atoms with van der Waals surface area (Å²) in [6.07, 6.45) is 4.15. The Balaban J connectivity index is 1.51. The number of rotatable bonds is 7. The van der Waals surface area contributed by atoms with Gasteiger partial charge >= 0.3 is 0 Å². The molecular formula is C20H22N2O3S. The lowest BCUT2D eigenvalue weighted by Gasteiger charge is -2.18. The summed E-state index contributed by atoms with van der Waals surface area (Å²) < 4.78 is 5.04. The van der Waals surface area contributed by atoms with Gasteiger partial charge < -0.3 is 4.74 Å². The van der Waals surface area contributed by atoms with Crippen LogP contribution in [0.1, 0.15) is 30.7 Å². The molecule has 2 amide bonds. The van der Waals surface area contributed by atoms with Crippen molar-refractivity contribution < 1.29 is 14.3 Å². The van der Waals surface area contributed by atoms with Gasteiger partial charge in [0.25, 0.3) is 5.24 Å². The Morgan fingerprint density at radius 1 is 1.12 bits per heavy atom. The average Bonchev–Trinajstić information content (AvgIpc) is 2.88. The first-order chi connectivity index (χ1) is 12.5. The molecule has 2 aromatic rings. The smallest absolute Gasteiger partial charge is 0.286 e. The van der Waals surface area contributed by atoms with E-state index in [-0.39, 0.29) is 11.1 Å². The highest BCUT2D eigenvalue weighted by atomic mass is 32.2. The fraction of sp³-hybridized carbons (Fsp3) is 0.350. The summed E-state index contributed by atoms with van der Waals surface area (Å²) in [5, 5.41) is 2.06. The molecule has 1 fully saturated rings. The molecule has 5 nitrogen and oxygen atoms in total. The van der Waals surface area contributed by atoms with Crippen LogP contribution >= 0.6 is 11.8 Å². The van der Waals surface area contributed by atoms with E-state index in [1.165, 1.54) is 5.56 Å². The molecule has 1 aliphatic rings. The molecule has 1 aromatic carbocycles. The average molecular weight is 370 g/mol.